The lowest BCUT2D eigenvalue weighted by molar-refractivity contribution is -0.133. The monoisotopic (exact) mass is 386 g/mol. The lowest BCUT2D eigenvalue weighted by atomic mass is 10.0. The van der Waals surface area contributed by atoms with Gasteiger partial charge in [-0.1, -0.05) is 47.9 Å². The minimum atomic E-state index is -0.181. The van der Waals surface area contributed by atoms with Gasteiger partial charge >= 0.3 is 0 Å². The van der Waals surface area contributed by atoms with Crippen molar-refractivity contribution in [2.75, 3.05) is 13.7 Å². The molecule has 0 unspecified atom stereocenters. The van der Waals surface area contributed by atoms with Gasteiger partial charge in [0.15, 0.2) is 6.10 Å². The standard InChI is InChI=1S/C21H23ClN2O3/c1-3-21(25)24(13-15-7-6-8-16(22)11-15)14-17-12-19(23-27-17)18-9-4-5-10-20(18)26-2/h4-11,17H,3,12-14H2,1-2H3/t17-/m1/s1. The lowest BCUT2D eigenvalue weighted by Gasteiger charge is -2.24. The van der Waals surface area contributed by atoms with Crippen LogP contribution in [-0.2, 0) is 16.2 Å². The molecule has 1 atom stereocenters. The van der Waals surface area contributed by atoms with E-state index in [9.17, 15) is 4.79 Å². The average Bonchev–Trinajstić information content (AvgIpc) is 3.15. The fraction of sp³-hybridized carbons (Fsp3) is 0.333. The first-order valence-corrected chi connectivity index (χ1v) is 9.36. The summed E-state index contributed by atoms with van der Waals surface area (Å²) in [5.74, 6) is 0.838. The molecule has 27 heavy (non-hydrogen) atoms. The van der Waals surface area contributed by atoms with Crippen LogP contribution in [0.5, 0.6) is 5.75 Å². The molecule has 3 rings (SSSR count). The Morgan fingerprint density at radius 1 is 1.30 bits per heavy atom. The molecule has 0 aliphatic carbocycles. The van der Waals surface area contributed by atoms with E-state index in [2.05, 4.69) is 5.16 Å². The summed E-state index contributed by atoms with van der Waals surface area (Å²) in [5.41, 5.74) is 2.75. The van der Waals surface area contributed by atoms with Crippen molar-refractivity contribution in [2.45, 2.75) is 32.4 Å². The number of oxime groups is 1. The van der Waals surface area contributed by atoms with Gasteiger partial charge in [0.25, 0.3) is 0 Å². The maximum Gasteiger partial charge on any atom is 0.222 e. The molecule has 1 aliphatic rings. The summed E-state index contributed by atoms with van der Waals surface area (Å²) in [6, 6.07) is 15.3. The molecule has 2 aromatic carbocycles. The molecule has 0 fully saturated rings. The number of amides is 1. The van der Waals surface area contributed by atoms with E-state index >= 15 is 0 Å². The maximum absolute atomic E-state index is 12.4. The SMILES string of the molecule is CCC(=O)N(Cc1cccc(Cl)c1)C[C@H]1CC(c2ccccc2OC)=NO1. The summed E-state index contributed by atoms with van der Waals surface area (Å²) in [6.07, 6.45) is 0.885. The van der Waals surface area contributed by atoms with E-state index in [4.69, 9.17) is 21.2 Å². The molecular weight excluding hydrogens is 364 g/mol. The molecule has 2 aromatic rings. The minimum absolute atomic E-state index is 0.0734. The van der Waals surface area contributed by atoms with Crippen LogP contribution < -0.4 is 4.74 Å². The molecule has 1 heterocycles. The second kappa shape index (κ2) is 8.91. The van der Waals surface area contributed by atoms with E-state index < -0.39 is 0 Å². The van der Waals surface area contributed by atoms with Crippen LogP contribution in [0.2, 0.25) is 5.02 Å². The number of benzene rings is 2. The van der Waals surface area contributed by atoms with Gasteiger partial charge in [0.2, 0.25) is 5.91 Å². The van der Waals surface area contributed by atoms with Crippen molar-refractivity contribution < 1.29 is 14.4 Å². The zero-order valence-corrected chi connectivity index (χ0v) is 16.3. The van der Waals surface area contributed by atoms with Gasteiger partial charge in [-0.3, -0.25) is 4.79 Å². The van der Waals surface area contributed by atoms with Gasteiger partial charge in [-0.15, -0.1) is 0 Å². The second-order valence-corrected chi connectivity index (χ2v) is 6.86. The van der Waals surface area contributed by atoms with Crippen LogP contribution in [0.4, 0.5) is 0 Å². The number of hydrogen-bond donors (Lipinski definition) is 0. The van der Waals surface area contributed by atoms with Crippen LogP contribution in [0.3, 0.4) is 0 Å². The van der Waals surface area contributed by atoms with Crippen molar-refractivity contribution in [1.82, 2.24) is 4.90 Å². The highest BCUT2D eigenvalue weighted by Crippen LogP contribution is 2.25. The Hall–Kier alpha value is -2.53. The van der Waals surface area contributed by atoms with Crippen LogP contribution in [0, 0.1) is 0 Å². The molecule has 0 radical (unpaired) electrons. The number of ether oxygens (including phenoxy) is 1. The van der Waals surface area contributed by atoms with E-state index in [0.717, 1.165) is 22.6 Å². The summed E-state index contributed by atoms with van der Waals surface area (Å²) in [7, 11) is 1.64. The Labute approximate surface area is 164 Å². The van der Waals surface area contributed by atoms with E-state index in [-0.39, 0.29) is 12.0 Å². The number of carbonyl (C=O) groups is 1. The van der Waals surface area contributed by atoms with Gasteiger partial charge in [-0.2, -0.15) is 0 Å². The zero-order valence-electron chi connectivity index (χ0n) is 15.5. The molecule has 1 aliphatic heterocycles. The van der Waals surface area contributed by atoms with Crippen molar-refractivity contribution in [3.63, 3.8) is 0 Å². The Morgan fingerprint density at radius 3 is 2.85 bits per heavy atom. The van der Waals surface area contributed by atoms with Crippen LogP contribution in [0.1, 0.15) is 30.9 Å². The largest absolute Gasteiger partial charge is 0.496 e. The first kappa shape index (κ1) is 19.2. The van der Waals surface area contributed by atoms with Crippen molar-refractivity contribution >= 4 is 23.2 Å². The quantitative estimate of drug-likeness (QED) is 0.713. The molecule has 0 bridgehead atoms. The van der Waals surface area contributed by atoms with Gasteiger partial charge in [0, 0.05) is 30.0 Å². The molecule has 0 aromatic heterocycles. The predicted octanol–water partition coefficient (Wildman–Crippen LogP) is 4.28. The molecule has 5 nitrogen and oxygen atoms in total. The molecule has 0 spiro atoms. The Balaban J connectivity index is 1.68. The number of halogens is 1. The van der Waals surface area contributed by atoms with Gasteiger partial charge in [0.1, 0.15) is 5.75 Å². The fourth-order valence-electron chi connectivity index (χ4n) is 3.15. The molecule has 0 N–H and O–H groups in total. The van der Waals surface area contributed by atoms with Crippen molar-refractivity contribution in [3.8, 4) is 5.75 Å². The van der Waals surface area contributed by atoms with E-state index in [1.165, 1.54) is 0 Å². The van der Waals surface area contributed by atoms with E-state index in [1.807, 2.05) is 55.5 Å². The maximum atomic E-state index is 12.4. The lowest BCUT2D eigenvalue weighted by Crippen LogP contribution is -2.36. The number of rotatable bonds is 7. The Bertz CT molecular complexity index is 838. The first-order valence-electron chi connectivity index (χ1n) is 8.99. The number of carbonyl (C=O) groups excluding carboxylic acids is 1. The third-order valence-electron chi connectivity index (χ3n) is 4.49. The van der Waals surface area contributed by atoms with Crippen molar-refractivity contribution in [3.05, 3.63) is 64.7 Å². The predicted molar refractivity (Wildman–Crippen MR) is 106 cm³/mol. The average molecular weight is 387 g/mol. The van der Waals surface area contributed by atoms with Crippen LogP contribution in [0.15, 0.2) is 53.7 Å². The highest BCUT2D eigenvalue weighted by Gasteiger charge is 2.27. The highest BCUT2D eigenvalue weighted by atomic mass is 35.5. The zero-order chi connectivity index (χ0) is 19.2. The molecule has 1 amide bonds. The first-order chi connectivity index (χ1) is 13.1. The fourth-order valence-corrected chi connectivity index (χ4v) is 3.36. The van der Waals surface area contributed by atoms with Gasteiger partial charge in [-0.05, 0) is 29.8 Å². The van der Waals surface area contributed by atoms with Gasteiger partial charge < -0.3 is 14.5 Å². The summed E-state index contributed by atoms with van der Waals surface area (Å²) >= 11 is 6.07. The molecule has 0 saturated heterocycles. The minimum Gasteiger partial charge on any atom is -0.496 e. The second-order valence-electron chi connectivity index (χ2n) is 6.43. The smallest absolute Gasteiger partial charge is 0.222 e. The number of nitrogens with zero attached hydrogens (tertiary/aromatic N) is 2. The Kier molecular flexibility index (Phi) is 6.35. The summed E-state index contributed by atoms with van der Waals surface area (Å²) in [6.45, 7) is 2.83. The van der Waals surface area contributed by atoms with E-state index in [1.54, 1.807) is 12.0 Å². The summed E-state index contributed by atoms with van der Waals surface area (Å²) < 4.78 is 5.41. The van der Waals surface area contributed by atoms with Gasteiger partial charge in [0.05, 0.1) is 19.4 Å². The number of methoxy groups -OCH3 is 1. The molecule has 142 valence electrons. The summed E-state index contributed by atoms with van der Waals surface area (Å²) in [5, 5.41) is 4.90. The van der Waals surface area contributed by atoms with Crippen LogP contribution >= 0.6 is 11.6 Å². The third kappa shape index (κ3) is 4.80. The van der Waals surface area contributed by atoms with Gasteiger partial charge in [-0.25, -0.2) is 0 Å². The topological polar surface area (TPSA) is 51.1 Å². The molecular formula is C21H23ClN2O3. The summed E-state index contributed by atoms with van der Waals surface area (Å²) in [4.78, 5) is 19.8. The normalized spacial score (nSPS) is 15.8. The molecule has 0 saturated carbocycles. The Morgan fingerprint density at radius 2 is 2.11 bits per heavy atom. The van der Waals surface area contributed by atoms with Crippen molar-refractivity contribution in [1.29, 1.82) is 0 Å². The highest BCUT2D eigenvalue weighted by molar-refractivity contribution is 6.30. The number of para-hydroxylation sites is 1. The third-order valence-corrected chi connectivity index (χ3v) is 4.73. The number of hydrogen-bond acceptors (Lipinski definition) is 4. The van der Waals surface area contributed by atoms with Crippen LogP contribution in [0.25, 0.3) is 0 Å². The van der Waals surface area contributed by atoms with Crippen LogP contribution in [-0.4, -0.2) is 36.3 Å². The van der Waals surface area contributed by atoms with Crippen molar-refractivity contribution in [2.24, 2.45) is 5.16 Å². The van der Waals surface area contributed by atoms with E-state index in [0.29, 0.717) is 31.0 Å². The molecule has 6 heteroatoms.